The molecule has 0 fully saturated rings. The van der Waals surface area contributed by atoms with E-state index < -0.39 is 0 Å². The summed E-state index contributed by atoms with van der Waals surface area (Å²) in [5.74, 6) is 0. The summed E-state index contributed by atoms with van der Waals surface area (Å²) < 4.78 is 0. The molecule has 0 radical (unpaired) electrons. The van der Waals surface area contributed by atoms with Gasteiger partial charge >= 0.3 is 0 Å². The molecule has 2 rings (SSSR count). The second-order valence-corrected chi connectivity index (χ2v) is 4.48. The zero-order valence-corrected chi connectivity index (χ0v) is 9.71. The number of unbranched alkanes of at least 4 members (excludes halogenated alkanes) is 1. The lowest BCUT2D eigenvalue weighted by atomic mass is 10.0. The van der Waals surface area contributed by atoms with Crippen molar-refractivity contribution >= 4 is 5.69 Å². The first-order chi connectivity index (χ1) is 7.29. The molecular weight excluding hydrogens is 184 g/mol. The van der Waals surface area contributed by atoms with Crippen LogP contribution in [0.3, 0.4) is 0 Å². The highest BCUT2D eigenvalue weighted by molar-refractivity contribution is 5.51. The van der Waals surface area contributed by atoms with Crippen molar-refractivity contribution in [3.8, 4) is 0 Å². The summed E-state index contributed by atoms with van der Waals surface area (Å²) in [4.78, 5) is 4.72. The van der Waals surface area contributed by atoms with E-state index in [1.54, 1.807) is 0 Å². The highest BCUT2D eigenvalue weighted by atomic mass is 14.9. The lowest BCUT2D eigenvalue weighted by Crippen LogP contribution is -2.22. The topological polar surface area (TPSA) is 24.9 Å². The van der Waals surface area contributed by atoms with Gasteiger partial charge in [0, 0.05) is 11.7 Å². The highest BCUT2D eigenvalue weighted by Gasteiger charge is 2.14. The van der Waals surface area contributed by atoms with Crippen molar-refractivity contribution in [2.75, 3.05) is 5.32 Å². The SMILES string of the molecule is CCCCc1ccc2c(n1)CC[C@@H](C)N2. The van der Waals surface area contributed by atoms with Crippen LogP contribution in [0, 0.1) is 0 Å². The van der Waals surface area contributed by atoms with Gasteiger partial charge in [-0.05, 0) is 44.7 Å². The van der Waals surface area contributed by atoms with E-state index in [1.807, 2.05) is 0 Å². The van der Waals surface area contributed by atoms with Gasteiger partial charge in [-0.3, -0.25) is 4.98 Å². The van der Waals surface area contributed by atoms with Crippen LogP contribution in [0.25, 0.3) is 0 Å². The number of hydrogen-bond donors (Lipinski definition) is 1. The van der Waals surface area contributed by atoms with Gasteiger partial charge in [0.2, 0.25) is 0 Å². The van der Waals surface area contributed by atoms with Gasteiger partial charge in [-0.15, -0.1) is 0 Å². The number of anilines is 1. The Morgan fingerprint density at radius 3 is 3.13 bits per heavy atom. The summed E-state index contributed by atoms with van der Waals surface area (Å²) in [6, 6.07) is 4.96. The van der Waals surface area contributed by atoms with Crippen LogP contribution in [0.15, 0.2) is 12.1 Å². The lowest BCUT2D eigenvalue weighted by molar-refractivity contribution is 0.661. The Hall–Kier alpha value is -1.05. The molecule has 0 bridgehead atoms. The van der Waals surface area contributed by atoms with Gasteiger partial charge in [0.1, 0.15) is 0 Å². The zero-order chi connectivity index (χ0) is 10.7. The molecule has 1 N–H and O–H groups in total. The molecule has 82 valence electrons. The number of fused-ring (bicyclic) bond motifs is 1. The number of rotatable bonds is 3. The third kappa shape index (κ3) is 2.49. The molecule has 2 heterocycles. The maximum absolute atomic E-state index is 4.72. The third-order valence-electron chi connectivity index (χ3n) is 3.03. The van der Waals surface area contributed by atoms with Crippen LogP contribution in [-0.4, -0.2) is 11.0 Å². The summed E-state index contributed by atoms with van der Waals surface area (Å²) in [7, 11) is 0. The van der Waals surface area contributed by atoms with Crippen molar-refractivity contribution in [3.05, 3.63) is 23.5 Å². The zero-order valence-electron chi connectivity index (χ0n) is 9.71. The van der Waals surface area contributed by atoms with Crippen LogP contribution in [0.5, 0.6) is 0 Å². The van der Waals surface area contributed by atoms with Gasteiger partial charge in [0.25, 0.3) is 0 Å². The van der Waals surface area contributed by atoms with Gasteiger partial charge in [-0.2, -0.15) is 0 Å². The Kier molecular flexibility index (Phi) is 3.24. The first kappa shape index (κ1) is 10.5. The molecule has 0 aromatic carbocycles. The van der Waals surface area contributed by atoms with Crippen LogP contribution in [-0.2, 0) is 12.8 Å². The van der Waals surface area contributed by atoms with E-state index in [9.17, 15) is 0 Å². The van der Waals surface area contributed by atoms with E-state index in [4.69, 9.17) is 4.98 Å². The van der Waals surface area contributed by atoms with Crippen molar-refractivity contribution in [3.63, 3.8) is 0 Å². The van der Waals surface area contributed by atoms with E-state index in [0.29, 0.717) is 6.04 Å². The number of pyridine rings is 1. The molecule has 0 saturated heterocycles. The monoisotopic (exact) mass is 204 g/mol. The normalized spacial score (nSPS) is 19.5. The van der Waals surface area contributed by atoms with Crippen LogP contribution in [0.4, 0.5) is 5.69 Å². The number of nitrogens with one attached hydrogen (secondary N) is 1. The van der Waals surface area contributed by atoms with Gasteiger partial charge in [0.15, 0.2) is 0 Å². The molecule has 1 atom stereocenters. The molecule has 0 aliphatic carbocycles. The first-order valence-corrected chi connectivity index (χ1v) is 6.05. The molecule has 1 aliphatic rings. The molecule has 0 amide bonds. The standard InChI is InChI=1S/C13H20N2/c1-3-4-5-11-7-9-12-13(15-11)8-6-10(2)14-12/h7,9-10,14H,3-6,8H2,1-2H3/t10-/m1/s1. The Labute approximate surface area is 92.1 Å². The Balaban J connectivity index is 2.12. The van der Waals surface area contributed by atoms with Gasteiger partial charge in [-0.1, -0.05) is 13.3 Å². The quantitative estimate of drug-likeness (QED) is 0.818. The smallest absolute Gasteiger partial charge is 0.0638 e. The van der Waals surface area contributed by atoms with Crippen molar-refractivity contribution in [1.29, 1.82) is 0 Å². The maximum atomic E-state index is 4.72. The predicted octanol–water partition coefficient (Wildman–Crippen LogP) is 3.17. The van der Waals surface area contributed by atoms with E-state index >= 15 is 0 Å². The molecular formula is C13H20N2. The fourth-order valence-corrected chi connectivity index (χ4v) is 2.06. The summed E-state index contributed by atoms with van der Waals surface area (Å²) >= 11 is 0. The third-order valence-corrected chi connectivity index (χ3v) is 3.03. The molecule has 15 heavy (non-hydrogen) atoms. The fraction of sp³-hybridized carbons (Fsp3) is 0.615. The minimum absolute atomic E-state index is 0.598. The van der Waals surface area contributed by atoms with Crippen LogP contribution in [0.1, 0.15) is 44.5 Å². The fourth-order valence-electron chi connectivity index (χ4n) is 2.06. The summed E-state index contributed by atoms with van der Waals surface area (Å²) in [6.45, 7) is 4.45. The first-order valence-electron chi connectivity index (χ1n) is 6.05. The largest absolute Gasteiger partial charge is 0.381 e. The maximum Gasteiger partial charge on any atom is 0.0638 e. The molecule has 2 heteroatoms. The van der Waals surface area contributed by atoms with Crippen molar-refractivity contribution < 1.29 is 0 Å². The van der Waals surface area contributed by atoms with E-state index in [1.165, 1.54) is 36.3 Å². The molecule has 1 aromatic heterocycles. The number of aromatic nitrogens is 1. The Morgan fingerprint density at radius 1 is 1.47 bits per heavy atom. The number of aryl methyl sites for hydroxylation is 2. The van der Waals surface area contributed by atoms with E-state index in [2.05, 4.69) is 31.3 Å². The average Bonchev–Trinajstić information content (AvgIpc) is 2.26. The minimum atomic E-state index is 0.598. The second-order valence-electron chi connectivity index (χ2n) is 4.48. The van der Waals surface area contributed by atoms with Crippen molar-refractivity contribution in [2.45, 2.75) is 52.0 Å². The van der Waals surface area contributed by atoms with Crippen LogP contribution >= 0.6 is 0 Å². The molecule has 0 unspecified atom stereocenters. The van der Waals surface area contributed by atoms with Crippen molar-refractivity contribution in [2.24, 2.45) is 0 Å². The summed E-state index contributed by atoms with van der Waals surface area (Å²) in [5, 5.41) is 3.48. The van der Waals surface area contributed by atoms with Crippen molar-refractivity contribution in [1.82, 2.24) is 4.98 Å². The van der Waals surface area contributed by atoms with E-state index in [-0.39, 0.29) is 0 Å². The predicted molar refractivity (Wildman–Crippen MR) is 64.3 cm³/mol. The molecule has 1 aliphatic heterocycles. The van der Waals surface area contributed by atoms with Gasteiger partial charge in [-0.25, -0.2) is 0 Å². The van der Waals surface area contributed by atoms with Gasteiger partial charge < -0.3 is 5.32 Å². The molecule has 0 spiro atoms. The summed E-state index contributed by atoms with van der Waals surface area (Å²) in [6.07, 6.45) is 5.95. The average molecular weight is 204 g/mol. The minimum Gasteiger partial charge on any atom is -0.381 e. The summed E-state index contributed by atoms with van der Waals surface area (Å²) in [5.41, 5.74) is 3.77. The molecule has 0 saturated carbocycles. The number of hydrogen-bond acceptors (Lipinski definition) is 2. The second kappa shape index (κ2) is 4.65. The van der Waals surface area contributed by atoms with Gasteiger partial charge in [0.05, 0.1) is 11.4 Å². The molecule has 2 nitrogen and oxygen atoms in total. The Bertz CT molecular complexity index is 333. The molecule has 1 aromatic rings. The number of nitrogens with zero attached hydrogens (tertiary/aromatic N) is 1. The Morgan fingerprint density at radius 2 is 2.33 bits per heavy atom. The van der Waals surface area contributed by atoms with E-state index in [0.717, 1.165) is 12.8 Å². The van der Waals surface area contributed by atoms with Crippen LogP contribution in [0.2, 0.25) is 0 Å². The van der Waals surface area contributed by atoms with Crippen LogP contribution < -0.4 is 5.32 Å². The highest BCUT2D eigenvalue weighted by Crippen LogP contribution is 2.23. The lowest BCUT2D eigenvalue weighted by Gasteiger charge is -2.23.